The SMILES string of the molecule is CC(C)(C)c1cc(NC(=O)CC2CCCO2)n(-c2ccc(F)cc2)n1. The molecule has 25 heavy (non-hydrogen) atoms. The van der Waals surface area contributed by atoms with Crippen molar-refractivity contribution in [3.8, 4) is 5.69 Å². The second-order valence-electron chi connectivity index (χ2n) is 7.44. The number of halogens is 1. The summed E-state index contributed by atoms with van der Waals surface area (Å²) in [6, 6.07) is 7.92. The third kappa shape index (κ3) is 4.25. The van der Waals surface area contributed by atoms with Crippen molar-refractivity contribution >= 4 is 11.7 Å². The van der Waals surface area contributed by atoms with Crippen molar-refractivity contribution in [2.75, 3.05) is 11.9 Å². The first-order valence-corrected chi connectivity index (χ1v) is 8.61. The first-order chi connectivity index (χ1) is 11.8. The lowest BCUT2D eigenvalue weighted by atomic mass is 9.92. The second-order valence-corrected chi connectivity index (χ2v) is 7.44. The van der Waals surface area contributed by atoms with Gasteiger partial charge in [0.15, 0.2) is 0 Å². The molecule has 1 saturated heterocycles. The van der Waals surface area contributed by atoms with Crippen molar-refractivity contribution in [3.05, 3.63) is 41.8 Å². The summed E-state index contributed by atoms with van der Waals surface area (Å²) in [5.41, 5.74) is 1.38. The van der Waals surface area contributed by atoms with Crippen LogP contribution in [-0.4, -0.2) is 28.4 Å². The van der Waals surface area contributed by atoms with Gasteiger partial charge in [0.2, 0.25) is 5.91 Å². The Morgan fingerprint density at radius 3 is 2.68 bits per heavy atom. The molecule has 1 amide bonds. The number of anilines is 1. The lowest BCUT2D eigenvalue weighted by Gasteiger charge is -2.14. The fraction of sp³-hybridized carbons (Fsp3) is 0.474. The molecule has 1 fully saturated rings. The Hall–Kier alpha value is -2.21. The lowest BCUT2D eigenvalue weighted by molar-refractivity contribution is -0.118. The van der Waals surface area contributed by atoms with E-state index in [1.165, 1.54) is 12.1 Å². The second kappa shape index (κ2) is 6.96. The highest BCUT2D eigenvalue weighted by molar-refractivity contribution is 5.90. The Labute approximate surface area is 147 Å². The van der Waals surface area contributed by atoms with E-state index in [9.17, 15) is 9.18 Å². The molecule has 2 heterocycles. The molecule has 0 bridgehead atoms. The van der Waals surface area contributed by atoms with Crippen LogP contribution in [0.5, 0.6) is 0 Å². The van der Waals surface area contributed by atoms with E-state index < -0.39 is 0 Å². The molecule has 5 nitrogen and oxygen atoms in total. The molecule has 2 aromatic rings. The van der Waals surface area contributed by atoms with E-state index in [0.29, 0.717) is 17.9 Å². The van der Waals surface area contributed by atoms with E-state index in [2.05, 4.69) is 31.2 Å². The maximum Gasteiger partial charge on any atom is 0.228 e. The fourth-order valence-corrected chi connectivity index (χ4v) is 2.82. The van der Waals surface area contributed by atoms with Gasteiger partial charge in [0.1, 0.15) is 11.6 Å². The predicted molar refractivity (Wildman–Crippen MR) is 94.4 cm³/mol. The van der Waals surface area contributed by atoms with Crippen LogP contribution < -0.4 is 5.32 Å². The molecule has 1 aromatic heterocycles. The minimum atomic E-state index is -0.309. The van der Waals surface area contributed by atoms with Crippen molar-refractivity contribution in [2.24, 2.45) is 0 Å². The zero-order chi connectivity index (χ0) is 18.0. The molecule has 0 radical (unpaired) electrons. The number of rotatable bonds is 4. The van der Waals surface area contributed by atoms with Crippen molar-refractivity contribution in [2.45, 2.75) is 51.6 Å². The molecule has 6 heteroatoms. The van der Waals surface area contributed by atoms with Crippen LogP contribution in [0.2, 0.25) is 0 Å². The number of hydrogen-bond donors (Lipinski definition) is 1. The van der Waals surface area contributed by atoms with E-state index in [0.717, 1.165) is 25.1 Å². The van der Waals surface area contributed by atoms with Gasteiger partial charge in [-0.2, -0.15) is 5.10 Å². The van der Waals surface area contributed by atoms with Crippen LogP contribution in [0.15, 0.2) is 30.3 Å². The summed E-state index contributed by atoms with van der Waals surface area (Å²) >= 11 is 0. The van der Waals surface area contributed by atoms with Gasteiger partial charge >= 0.3 is 0 Å². The first kappa shape index (κ1) is 17.6. The zero-order valence-corrected chi connectivity index (χ0v) is 14.9. The Kier molecular flexibility index (Phi) is 4.90. The smallest absolute Gasteiger partial charge is 0.228 e. The topological polar surface area (TPSA) is 56.1 Å². The number of carbonyl (C=O) groups excluding carboxylic acids is 1. The van der Waals surface area contributed by atoms with Gasteiger partial charge in [0, 0.05) is 18.1 Å². The molecule has 0 saturated carbocycles. The van der Waals surface area contributed by atoms with Crippen LogP contribution >= 0.6 is 0 Å². The van der Waals surface area contributed by atoms with Gasteiger partial charge in [0.25, 0.3) is 0 Å². The Balaban J connectivity index is 1.86. The number of nitrogens with zero attached hydrogens (tertiary/aromatic N) is 2. The van der Waals surface area contributed by atoms with E-state index >= 15 is 0 Å². The molecule has 1 aromatic carbocycles. The van der Waals surface area contributed by atoms with Crippen LogP contribution in [0.4, 0.5) is 10.2 Å². The summed E-state index contributed by atoms with van der Waals surface area (Å²) < 4.78 is 20.4. The fourth-order valence-electron chi connectivity index (χ4n) is 2.82. The molecule has 1 aliphatic heterocycles. The summed E-state index contributed by atoms with van der Waals surface area (Å²) in [4.78, 5) is 12.4. The minimum absolute atomic E-state index is 0.00993. The average molecular weight is 345 g/mol. The third-order valence-electron chi connectivity index (χ3n) is 4.25. The van der Waals surface area contributed by atoms with E-state index in [-0.39, 0.29) is 23.2 Å². The molecule has 0 spiro atoms. The molecule has 1 unspecified atom stereocenters. The van der Waals surface area contributed by atoms with Gasteiger partial charge in [-0.3, -0.25) is 4.79 Å². The largest absolute Gasteiger partial charge is 0.378 e. The summed E-state index contributed by atoms with van der Waals surface area (Å²) in [7, 11) is 0. The lowest BCUT2D eigenvalue weighted by Crippen LogP contribution is -2.20. The highest BCUT2D eigenvalue weighted by Gasteiger charge is 2.23. The van der Waals surface area contributed by atoms with E-state index in [1.54, 1.807) is 16.8 Å². The van der Waals surface area contributed by atoms with Gasteiger partial charge in [-0.05, 0) is 37.1 Å². The van der Waals surface area contributed by atoms with Crippen molar-refractivity contribution in [1.29, 1.82) is 0 Å². The summed E-state index contributed by atoms with van der Waals surface area (Å²) in [5, 5.41) is 7.55. The van der Waals surface area contributed by atoms with E-state index in [4.69, 9.17) is 4.74 Å². The molecule has 134 valence electrons. The normalized spacial score (nSPS) is 17.7. The van der Waals surface area contributed by atoms with Gasteiger partial charge in [-0.1, -0.05) is 20.8 Å². The van der Waals surface area contributed by atoms with Crippen LogP contribution in [0.1, 0.15) is 45.7 Å². The number of ether oxygens (including phenoxy) is 1. The summed E-state index contributed by atoms with van der Waals surface area (Å²) in [6.07, 6.45) is 2.24. The molecule has 1 N–H and O–H groups in total. The standard InChI is InChI=1S/C19H24FN3O2/c1-19(2,3)16-12-17(21-18(24)11-15-5-4-10-25-15)23(22-16)14-8-6-13(20)7-9-14/h6-9,12,15H,4-5,10-11H2,1-3H3,(H,21,24). The number of carbonyl (C=O) groups is 1. The van der Waals surface area contributed by atoms with Crippen LogP contribution in [0.25, 0.3) is 5.69 Å². The number of benzene rings is 1. The van der Waals surface area contributed by atoms with Crippen molar-refractivity contribution in [3.63, 3.8) is 0 Å². The third-order valence-corrected chi connectivity index (χ3v) is 4.25. The zero-order valence-electron chi connectivity index (χ0n) is 14.9. The number of nitrogens with one attached hydrogen (secondary N) is 1. The number of amides is 1. The van der Waals surface area contributed by atoms with Crippen LogP contribution in [0, 0.1) is 5.82 Å². The van der Waals surface area contributed by atoms with Crippen LogP contribution in [0.3, 0.4) is 0 Å². The molecular formula is C19H24FN3O2. The molecule has 1 atom stereocenters. The molecular weight excluding hydrogens is 321 g/mol. The average Bonchev–Trinajstić information content (AvgIpc) is 3.17. The first-order valence-electron chi connectivity index (χ1n) is 8.61. The highest BCUT2D eigenvalue weighted by Crippen LogP contribution is 2.27. The monoisotopic (exact) mass is 345 g/mol. The van der Waals surface area contributed by atoms with Gasteiger partial charge in [-0.25, -0.2) is 9.07 Å². The van der Waals surface area contributed by atoms with Crippen LogP contribution in [-0.2, 0) is 14.9 Å². The quantitative estimate of drug-likeness (QED) is 0.916. The van der Waals surface area contributed by atoms with Gasteiger partial charge in [0.05, 0.1) is 23.9 Å². The van der Waals surface area contributed by atoms with Crippen molar-refractivity contribution in [1.82, 2.24) is 9.78 Å². The Morgan fingerprint density at radius 1 is 1.36 bits per heavy atom. The Morgan fingerprint density at radius 2 is 2.08 bits per heavy atom. The highest BCUT2D eigenvalue weighted by atomic mass is 19.1. The maximum atomic E-state index is 13.2. The summed E-state index contributed by atoms with van der Waals surface area (Å²) in [6.45, 7) is 6.90. The van der Waals surface area contributed by atoms with Gasteiger partial charge in [-0.15, -0.1) is 0 Å². The minimum Gasteiger partial charge on any atom is -0.378 e. The summed E-state index contributed by atoms with van der Waals surface area (Å²) in [5.74, 6) is 0.172. The maximum absolute atomic E-state index is 13.2. The van der Waals surface area contributed by atoms with E-state index in [1.807, 2.05) is 6.07 Å². The van der Waals surface area contributed by atoms with Crippen molar-refractivity contribution < 1.29 is 13.9 Å². The molecule has 1 aliphatic rings. The predicted octanol–water partition coefficient (Wildman–Crippen LogP) is 3.82. The Bertz CT molecular complexity index is 741. The molecule has 0 aliphatic carbocycles. The number of aromatic nitrogens is 2. The molecule has 3 rings (SSSR count). The van der Waals surface area contributed by atoms with Gasteiger partial charge < -0.3 is 10.1 Å². The number of hydrogen-bond acceptors (Lipinski definition) is 3.